The van der Waals surface area contributed by atoms with Crippen LogP contribution in [0.2, 0.25) is 15.1 Å². The summed E-state index contributed by atoms with van der Waals surface area (Å²) >= 11 is 19.3. The SMILES string of the molecule is O=C(Nc1nnc(-c2cccc(Cl)c2)s1)C1CCCN1C(=O)c1cc(Cl)cc(Cl)c1. The number of anilines is 1. The van der Waals surface area contributed by atoms with Gasteiger partial charge in [0.2, 0.25) is 11.0 Å². The average molecular weight is 482 g/mol. The summed E-state index contributed by atoms with van der Waals surface area (Å²) < 4.78 is 0. The monoisotopic (exact) mass is 480 g/mol. The zero-order valence-corrected chi connectivity index (χ0v) is 18.5. The molecular weight excluding hydrogens is 467 g/mol. The molecule has 10 heteroatoms. The van der Waals surface area contributed by atoms with Gasteiger partial charge < -0.3 is 4.90 Å². The predicted molar refractivity (Wildman–Crippen MR) is 120 cm³/mol. The molecule has 1 aliphatic heterocycles. The Labute approximate surface area is 191 Å². The molecule has 1 saturated heterocycles. The standard InChI is InChI=1S/C20H15Cl3N4O2S/c21-13-4-1-3-11(7-13)18-25-26-20(30-18)24-17(28)16-5-2-6-27(16)19(29)12-8-14(22)10-15(23)9-12/h1,3-4,7-10,16H,2,5-6H2,(H,24,26,28). The molecule has 0 spiro atoms. The molecule has 0 saturated carbocycles. The predicted octanol–water partition coefficient (Wildman–Crippen LogP) is 5.41. The van der Waals surface area contributed by atoms with Crippen LogP contribution in [0.4, 0.5) is 5.13 Å². The van der Waals surface area contributed by atoms with Crippen molar-refractivity contribution in [2.24, 2.45) is 0 Å². The van der Waals surface area contributed by atoms with Gasteiger partial charge in [-0.2, -0.15) is 0 Å². The average Bonchev–Trinajstić information content (AvgIpc) is 3.36. The molecule has 1 aliphatic rings. The van der Waals surface area contributed by atoms with E-state index in [4.69, 9.17) is 34.8 Å². The van der Waals surface area contributed by atoms with Crippen LogP contribution in [0.25, 0.3) is 10.6 Å². The van der Waals surface area contributed by atoms with Gasteiger partial charge >= 0.3 is 0 Å². The fourth-order valence-electron chi connectivity index (χ4n) is 3.33. The maximum absolute atomic E-state index is 12.9. The van der Waals surface area contributed by atoms with Crippen molar-refractivity contribution >= 4 is 63.1 Å². The van der Waals surface area contributed by atoms with Gasteiger partial charge in [0, 0.05) is 32.7 Å². The molecule has 0 aliphatic carbocycles. The molecule has 2 heterocycles. The number of likely N-dealkylation sites (tertiary alicyclic amines) is 1. The third-order valence-corrected chi connectivity index (χ3v) is 6.21. The first-order valence-electron chi connectivity index (χ1n) is 9.08. The van der Waals surface area contributed by atoms with Crippen LogP contribution in [-0.4, -0.2) is 39.5 Å². The number of rotatable bonds is 4. The number of benzene rings is 2. The minimum Gasteiger partial charge on any atom is -0.327 e. The number of aromatic nitrogens is 2. The minimum absolute atomic E-state index is 0.283. The van der Waals surface area contributed by atoms with Crippen LogP contribution in [0.3, 0.4) is 0 Å². The van der Waals surface area contributed by atoms with E-state index in [-0.39, 0.29) is 11.8 Å². The number of halogens is 3. The van der Waals surface area contributed by atoms with E-state index in [9.17, 15) is 9.59 Å². The van der Waals surface area contributed by atoms with Gasteiger partial charge in [-0.3, -0.25) is 14.9 Å². The molecule has 1 atom stereocenters. The van der Waals surface area contributed by atoms with Crippen LogP contribution >= 0.6 is 46.1 Å². The Kier molecular flexibility index (Phi) is 6.24. The number of nitrogens with one attached hydrogen (secondary N) is 1. The highest BCUT2D eigenvalue weighted by molar-refractivity contribution is 7.18. The van der Waals surface area contributed by atoms with Gasteiger partial charge in [0.25, 0.3) is 5.91 Å². The summed E-state index contributed by atoms with van der Waals surface area (Å²) in [7, 11) is 0. The van der Waals surface area contributed by atoms with Crippen molar-refractivity contribution < 1.29 is 9.59 Å². The molecule has 2 amide bonds. The van der Waals surface area contributed by atoms with Gasteiger partial charge in [-0.25, -0.2) is 0 Å². The Bertz CT molecular complexity index is 1100. The third kappa shape index (κ3) is 4.59. The summed E-state index contributed by atoms with van der Waals surface area (Å²) in [6, 6.07) is 11.3. The van der Waals surface area contributed by atoms with Gasteiger partial charge in [-0.05, 0) is 43.2 Å². The molecule has 3 aromatic rings. The smallest absolute Gasteiger partial charge is 0.254 e. The molecular formula is C20H15Cl3N4O2S. The van der Waals surface area contributed by atoms with Crippen molar-refractivity contribution in [1.82, 2.24) is 15.1 Å². The van der Waals surface area contributed by atoms with Crippen molar-refractivity contribution in [3.05, 3.63) is 63.1 Å². The quantitative estimate of drug-likeness (QED) is 0.541. The highest BCUT2D eigenvalue weighted by Gasteiger charge is 2.35. The van der Waals surface area contributed by atoms with Crippen molar-refractivity contribution in [2.45, 2.75) is 18.9 Å². The first kappa shape index (κ1) is 21.1. The summed E-state index contributed by atoms with van der Waals surface area (Å²) in [4.78, 5) is 27.3. The van der Waals surface area contributed by atoms with Crippen LogP contribution in [0.5, 0.6) is 0 Å². The molecule has 30 heavy (non-hydrogen) atoms. The van der Waals surface area contributed by atoms with Crippen molar-refractivity contribution in [2.75, 3.05) is 11.9 Å². The van der Waals surface area contributed by atoms with E-state index in [1.165, 1.54) is 16.2 Å². The lowest BCUT2D eigenvalue weighted by Crippen LogP contribution is -2.43. The van der Waals surface area contributed by atoms with E-state index in [2.05, 4.69) is 15.5 Å². The zero-order valence-electron chi connectivity index (χ0n) is 15.4. The molecule has 1 N–H and O–H groups in total. The normalized spacial score (nSPS) is 16.0. The Hall–Kier alpha value is -2.19. The number of amides is 2. The first-order chi connectivity index (χ1) is 14.4. The molecule has 1 unspecified atom stereocenters. The van der Waals surface area contributed by atoms with Crippen LogP contribution in [0.15, 0.2) is 42.5 Å². The van der Waals surface area contributed by atoms with E-state index < -0.39 is 6.04 Å². The second-order valence-electron chi connectivity index (χ2n) is 6.73. The Morgan fingerprint density at radius 1 is 1.03 bits per heavy atom. The summed E-state index contributed by atoms with van der Waals surface area (Å²) in [5.41, 5.74) is 1.17. The highest BCUT2D eigenvalue weighted by atomic mass is 35.5. The van der Waals surface area contributed by atoms with Crippen LogP contribution in [0, 0.1) is 0 Å². The van der Waals surface area contributed by atoms with Gasteiger partial charge in [0.05, 0.1) is 0 Å². The lowest BCUT2D eigenvalue weighted by molar-refractivity contribution is -0.119. The van der Waals surface area contributed by atoms with E-state index in [0.29, 0.717) is 43.7 Å². The maximum Gasteiger partial charge on any atom is 0.254 e. The molecule has 0 radical (unpaired) electrons. The number of carbonyl (C=O) groups is 2. The Balaban J connectivity index is 1.48. The van der Waals surface area contributed by atoms with E-state index in [1.807, 2.05) is 12.1 Å². The summed E-state index contributed by atoms with van der Waals surface area (Å²) in [5.74, 6) is -0.586. The molecule has 1 fully saturated rings. The van der Waals surface area contributed by atoms with E-state index >= 15 is 0 Å². The summed E-state index contributed by atoms with van der Waals surface area (Å²) in [6.45, 7) is 0.477. The van der Waals surface area contributed by atoms with Crippen LogP contribution in [-0.2, 0) is 4.79 Å². The molecule has 4 rings (SSSR count). The second kappa shape index (κ2) is 8.89. The van der Waals surface area contributed by atoms with Crippen molar-refractivity contribution in [3.63, 3.8) is 0 Å². The molecule has 154 valence electrons. The van der Waals surface area contributed by atoms with Gasteiger partial charge in [-0.15, -0.1) is 10.2 Å². The second-order valence-corrected chi connectivity index (χ2v) is 9.01. The summed E-state index contributed by atoms with van der Waals surface area (Å²) in [6.07, 6.45) is 1.29. The fraction of sp³-hybridized carbons (Fsp3) is 0.200. The summed E-state index contributed by atoms with van der Waals surface area (Å²) in [5, 5.41) is 13.3. The van der Waals surface area contributed by atoms with Gasteiger partial charge in [-0.1, -0.05) is 58.3 Å². The number of nitrogens with zero attached hydrogens (tertiary/aromatic N) is 3. The molecule has 6 nitrogen and oxygen atoms in total. The molecule has 1 aromatic heterocycles. The first-order valence-corrected chi connectivity index (χ1v) is 11.0. The highest BCUT2D eigenvalue weighted by Crippen LogP contribution is 2.29. The lowest BCUT2D eigenvalue weighted by atomic mass is 10.1. The van der Waals surface area contributed by atoms with Crippen molar-refractivity contribution in [1.29, 1.82) is 0 Å². The Morgan fingerprint density at radius 3 is 2.53 bits per heavy atom. The number of hydrogen-bond acceptors (Lipinski definition) is 5. The number of hydrogen-bond donors (Lipinski definition) is 1. The van der Waals surface area contributed by atoms with Crippen LogP contribution < -0.4 is 5.32 Å². The topological polar surface area (TPSA) is 75.2 Å². The third-order valence-electron chi connectivity index (χ3n) is 4.65. The van der Waals surface area contributed by atoms with Crippen molar-refractivity contribution in [3.8, 4) is 10.6 Å². The fourth-order valence-corrected chi connectivity index (χ4v) is 4.79. The Morgan fingerprint density at radius 2 is 1.80 bits per heavy atom. The minimum atomic E-state index is -0.603. The van der Waals surface area contributed by atoms with Crippen LogP contribution in [0.1, 0.15) is 23.2 Å². The largest absolute Gasteiger partial charge is 0.327 e. The molecule has 2 aromatic carbocycles. The zero-order chi connectivity index (χ0) is 21.3. The number of carbonyl (C=O) groups excluding carboxylic acids is 2. The van der Waals surface area contributed by atoms with E-state index in [0.717, 1.165) is 12.0 Å². The van der Waals surface area contributed by atoms with Gasteiger partial charge in [0.1, 0.15) is 11.0 Å². The molecule has 0 bridgehead atoms. The van der Waals surface area contributed by atoms with Gasteiger partial charge in [0.15, 0.2) is 0 Å². The van der Waals surface area contributed by atoms with E-state index in [1.54, 1.807) is 30.3 Å². The maximum atomic E-state index is 12.9. The lowest BCUT2D eigenvalue weighted by Gasteiger charge is -2.23.